The Kier molecular flexibility index (Phi) is 5.23. The molecule has 17 heavy (non-hydrogen) atoms. The van der Waals surface area contributed by atoms with Gasteiger partial charge < -0.3 is 0 Å². The van der Waals surface area contributed by atoms with Gasteiger partial charge in [0.1, 0.15) is 0 Å². The molecule has 1 aromatic carbocycles. The van der Waals surface area contributed by atoms with E-state index in [2.05, 4.69) is 4.99 Å². The average molecular weight is 270 g/mol. The lowest BCUT2D eigenvalue weighted by atomic mass is 10.1. The summed E-state index contributed by atoms with van der Waals surface area (Å²) in [4.78, 5) is 4.43. The molecule has 0 atom stereocenters. The van der Waals surface area contributed by atoms with Gasteiger partial charge in [-0.2, -0.15) is 0 Å². The fourth-order valence-corrected chi connectivity index (χ4v) is 1.54. The van der Waals surface area contributed by atoms with E-state index < -0.39 is 4.33 Å². The molecular weight excluding hydrogens is 253 g/mol. The molecule has 1 nitrogen and oxygen atoms in total. The highest BCUT2D eigenvalue weighted by Gasteiger charge is 2.22. The lowest BCUT2D eigenvalue weighted by Crippen LogP contribution is -2.21. The number of hydrogen-bond donors (Lipinski definition) is 0. The Morgan fingerprint density at radius 1 is 1.24 bits per heavy atom. The molecule has 0 fully saturated rings. The first-order chi connectivity index (χ1) is 7.89. The minimum Gasteiger partial charge on any atom is -0.284 e. The molecule has 3 heteroatoms. The van der Waals surface area contributed by atoms with Gasteiger partial charge in [0.15, 0.2) is 4.33 Å². The Bertz CT molecular complexity index is 400. The molecule has 0 N–H and O–H groups in total. The van der Waals surface area contributed by atoms with Crippen LogP contribution < -0.4 is 0 Å². The highest BCUT2D eigenvalue weighted by atomic mass is 35.5. The van der Waals surface area contributed by atoms with Gasteiger partial charge in [-0.15, -0.1) is 0 Å². The minimum atomic E-state index is -0.963. The lowest BCUT2D eigenvalue weighted by molar-refractivity contribution is 0.830. The third-order valence-corrected chi connectivity index (χ3v) is 2.47. The summed E-state index contributed by atoms with van der Waals surface area (Å²) < 4.78 is -0.963. The van der Waals surface area contributed by atoms with Crippen molar-refractivity contribution >= 4 is 35.0 Å². The minimum absolute atomic E-state index is 0.169. The lowest BCUT2D eigenvalue weighted by Gasteiger charge is -2.15. The molecule has 0 aliphatic carbocycles. The van der Waals surface area contributed by atoms with Gasteiger partial charge in [0.25, 0.3) is 0 Å². The van der Waals surface area contributed by atoms with Crippen LogP contribution in [0.15, 0.2) is 41.4 Å². The molecule has 0 saturated carbocycles. The van der Waals surface area contributed by atoms with Crippen LogP contribution in [0.1, 0.15) is 26.3 Å². The van der Waals surface area contributed by atoms with Crippen LogP contribution in [0.2, 0.25) is 0 Å². The van der Waals surface area contributed by atoms with Crippen LogP contribution in [0.4, 0.5) is 0 Å². The van der Waals surface area contributed by atoms with Crippen molar-refractivity contribution in [2.45, 2.75) is 31.1 Å². The van der Waals surface area contributed by atoms with E-state index in [9.17, 15) is 0 Å². The van der Waals surface area contributed by atoms with Gasteiger partial charge in [-0.05, 0) is 32.4 Å². The van der Waals surface area contributed by atoms with E-state index >= 15 is 0 Å². The van der Waals surface area contributed by atoms with Gasteiger partial charge in [-0.3, -0.25) is 4.99 Å². The number of rotatable bonds is 4. The Morgan fingerprint density at radius 3 is 2.29 bits per heavy atom. The third kappa shape index (κ3) is 5.38. The highest BCUT2D eigenvalue weighted by Crippen LogP contribution is 2.23. The van der Waals surface area contributed by atoms with Crippen molar-refractivity contribution < 1.29 is 0 Å². The zero-order valence-electron chi connectivity index (χ0n) is 10.3. The van der Waals surface area contributed by atoms with Crippen molar-refractivity contribution in [3.63, 3.8) is 0 Å². The second-order valence-corrected chi connectivity index (χ2v) is 5.95. The largest absolute Gasteiger partial charge is 0.284 e. The number of alkyl halides is 2. The number of aliphatic imine (C=N–C) groups is 1. The molecule has 0 radical (unpaired) electrons. The molecule has 0 amide bonds. The smallest absolute Gasteiger partial charge is 0.156 e. The maximum atomic E-state index is 6.09. The monoisotopic (exact) mass is 269 g/mol. The van der Waals surface area contributed by atoms with Crippen molar-refractivity contribution in [1.82, 2.24) is 0 Å². The van der Waals surface area contributed by atoms with E-state index in [0.29, 0.717) is 5.71 Å². The summed E-state index contributed by atoms with van der Waals surface area (Å²) >= 11 is 12.2. The predicted molar refractivity (Wildman–Crippen MR) is 78.2 cm³/mol. The second kappa shape index (κ2) is 6.23. The predicted octanol–water partition coefficient (Wildman–Crippen LogP) is 4.74. The van der Waals surface area contributed by atoms with E-state index in [1.54, 1.807) is 6.92 Å². The van der Waals surface area contributed by atoms with Crippen LogP contribution in [-0.2, 0) is 0 Å². The molecule has 1 rings (SSSR count). The van der Waals surface area contributed by atoms with Crippen molar-refractivity contribution in [2.24, 2.45) is 4.99 Å². The van der Waals surface area contributed by atoms with Crippen molar-refractivity contribution in [1.29, 1.82) is 0 Å². The topological polar surface area (TPSA) is 12.4 Å². The Morgan fingerprint density at radius 2 is 1.82 bits per heavy atom. The standard InChI is InChI=1S/C14H17Cl2N/c1-11(2)17-13(14(3,15)16)10-9-12-7-5-4-6-8-12/h4-11H,1-3H3/b10-9+,17-13?. The molecule has 0 unspecified atom stereocenters. The van der Waals surface area contributed by atoms with Crippen LogP contribution in [0.25, 0.3) is 6.08 Å². The first-order valence-electron chi connectivity index (χ1n) is 5.59. The number of hydrogen-bond acceptors (Lipinski definition) is 1. The van der Waals surface area contributed by atoms with Gasteiger partial charge in [-0.1, -0.05) is 59.6 Å². The Hall–Kier alpha value is -0.790. The van der Waals surface area contributed by atoms with Gasteiger partial charge in [0, 0.05) is 6.04 Å². The van der Waals surface area contributed by atoms with Crippen LogP contribution >= 0.6 is 23.2 Å². The highest BCUT2D eigenvalue weighted by molar-refractivity contribution is 6.59. The molecule has 0 saturated heterocycles. The van der Waals surface area contributed by atoms with E-state index in [-0.39, 0.29) is 6.04 Å². The number of benzene rings is 1. The van der Waals surface area contributed by atoms with Gasteiger partial charge in [0.05, 0.1) is 5.71 Å². The van der Waals surface area contributed by atoms with Crippen LogP contribution in [0.3, 0.4) is 0 Å². The van der Waals surface area contributed by atoms with Crippen LogP contribution in [0, 0.1) is 0 Å². The molecular formula is C14H17Cl2N. The summed E-state index contributed by atoms with van der Waals surface area (Å²) in [6.45, 7) is 5.72. The summed E-state index contributed by atoms with van der Waals surface area (Å²) in [5.41, 5.74) is 1.78. The zero-order chi connectivity index (χ0) is 12.9. The van der Waals surface area contributed by atoms with Crippen molar-refractivity contribution in [3.8, 4) is 0 Å². The van der Waals surface area contributed by atoms with E-state index in [1.807, 2.05) is 56.3 Å². The summed E-state index contributed by atoms with van der Waals surface area (Å²) in [5, 5.41) is 0. The third-order valence-electron chi connectivity index (χ3n) is 2.08. The maximum Gasteiger partial charge on any atom is 0.156 e. The molecule has 0 aliphatic rings. The molecule has 92 valence electrons. The average Bonchev–Trinajstić information content (AvgIpc) is 2.23. The Labute approximate surface area is 113 Å². The normalized spacial score (nSPS) is 13.6. The van der Waals surface area contributed by atoms with E-state index in [1.165, 1.54) is 0 Å². The summed E-state index contributed by atoms with van der Waals surface area (Å²) in [5.74, 6) is 0. The van der Waals surface area contributed by atoms with Crippen molar-refractivity contribution in [2.75, 3.05) is 0 Å². The van der Waals surface area contributed by atoms with Gasteiger partial charge in [-0.25, -0.2) is 0 Å². The fourth-order valence-electron chi connectivity index (χ4n) is 1.32. The fraction of sp³-hybridized carbons (Fsp3) is 0.357. The van der Waals surface area contributed by atoms with E-state index in [4.69, 9.17) is 23.2 Å². The maximum absolute atomic E-state index is 6.09. The summed E-state index contributed by atoms with van der Waals surface area (Å²) in [7, 11) is 0. The second-order valence-electron chi connectivity index (χ2n) is 4.24. The SMILES string of the molecule is CC(C)N=C(/C=C/c1ccccc1)C(C)(Cl)Cl. The number of halogens is 2. The van der Waals surface area contributed by atoms with Crippen LogP contribution in [-0.4, -0.2) is 16.1 Å². The van der Waals surface area contributed by atoms with E-state index in [0.717, 1.165) is 5.56 Å². The first kappa shape index (κ1) is 14.3. The van der Waals surface area contributed by atoms with Crippen LogP contribution in [0.5, 0.6) is 0 Å². The quantitative estimate of drug-likeness (QED) is 0.553. The molecule has 0 spiro atoms. The molecule has 0 heterocycles. The van der Waals surface area contributed by atoms with Crippen molar-refractivity contribution in [3.05, 3.63) is 42.0 Å². The van der Waals surface area contributed by atoms with Gasteiger partial charge >= 0.3 is 0 Å². The molecule has 1 aromatic rings. The zero-order valence-corrected chi connectivity index (χ0v) is 11.8. The molecule has 0 aromatic heterocycles. The molecule has 0 bridgehead atoms. The van der Waals surface area contributed by atoms with Gasteiger partial charge in [0.2, 0.25) is 0 Å². The Balaban J connectivity index is 2.92. The molecule has 0 aliphatic heterocycles. The summed E-state index contributed by atoms with van der Waals surface area (Å²) in [6.07, 6.45) is 3.83. The number of allylic oxidation sites excluding steroid dienone is 1. The first-order valence-corrected chi connectivity index (χ1v) is 6.34. The summed E-state index contributed by atoms with van der Waals surface area (Å²) in [6, 6.07) is 10.2. The number of nitrogens with zero attached hydrogens (tertiary/aromatic N) is 1.